The highest BCUT2D eigenvalue weighted by Crippen LogP contribution is 2.33. The molecule has 106 valence electrons. The molecule has 1 fully saturated rings. The van der Waals surface area contributed by atoms with Crippen molar-refractivity contribution >= 4 is 22.4 Å². The molecule has 0 aromatic carbocycles. The van der Waals surface area contributed by atoms with E-state index in [2.05, 4.69) is 20.4 Å². The number of carbonyl (C=O) groups is 1. The summed E-state index contributed by atoms with van der Waals surface area (Å²) < 4.78 is 10.6. The maximum absolute atomic E-state index is 11.0. The highest BCUT2D eigenvalue weighted by Gasteiger charge is 2.24. The first-order chi connectivity index (χ1) is 9.63. The van der Waals surface area contributed by atoms with Crippen molar-refractivity contribution in [3.8, 4) is 10.8 Å². The largest absolute Gasteiger partial charge is 0.381 e. The fraction of sp³-hybridized carbons (Fsp3) is 0.500. The third-order valence-corrected chi connectivity index (χ3v) is 4.07. The number of hydrogen-bond acceptors (Lipinski definition) is 7. The molecule has 0 bridgehead atoms. The predicted octanol–water partition coefficient (Wildman–Crippen LogP) is 1.96. The number of amides is 1. The average Bonchev–Trinajstić information content (AvgIpc) is 3.07. The number of anilines is 1. The van der Waals surface area contributed by atoms with Crippen molar-refractivity contribution in [1.82, 2.24) is 15.1 Å². The molecule has 0 spiro atoms. The van der Waals surface area contributed by atoms with Crippen molar-refractivity contribution in [1.29, 1.82) is 0 Å². The molecule has 0 aliphatic carbocycles. The predicted molar refractivity (Wildman–Crippen MR) is 72.6 cm³/mol. The van der Waals surface area contributed by atoms with Gasteiger partial charge < -0.3 is 14.6 Å². The van der Waals surface area contributed by atoms with Gasteiger partial charge in [-0.1, -0.05) is 16.5 Å². The summed E-state index contributed by atoms with van der Waals surface area (Å²) in [6, 6.07) is 0. The lowest BCUT2D eigenvalue weighted by atomic mass is 10.1. The molecule has 0 radical (unpaired) electrons. The number of carbonyl (C=O) groups excluding carboxylic acids is 1. The molecule has 1 N–H and O–H groups in total. The molecule has 7 nitrogen and oxygen atoms in total. The van der Waals surface area contributed by atoms with Crippen molar-refractivity contribution < 1.29 is 14.1 Å². The van der Waals surface area contributed by atoms with Crippen LogP contribution >= 0.6 is 11.3 Å². The number of nitrogens with one attached hydrogen (secondary N) is 1. The Balaban J connectivity index is 1.85. The monoisotopic (exact) mass is 294 g/mol. The van der Waals surface area contributed by atoms with Crippen LogP contribution in [0.3, 0.4) is 0 Å². The zero-order chi connectivity index (χ0) is 14.1. The standard InChI is InChI=1S/C12H14N4O3S/c1-6-9(20-12(13-6)14-7(2)17)11-15-10(16-19-11)8-3-4-18-5-8/h8H,3-5H2,1-2H3,(H,13,14,17). The maximum Gasteiger partial charge on any atom is 0.270 e. The lowest BCUT2D eigenvalue weighted by Crippen LogP contribution is -2.04. The van der Waals surface area contributed by atoms with E-state index < -0.39 is 0 Å². The highest BCUT2D eigenvalue weighted by atomic mass is 32.1. The van der Waals surface area contributed by atoms with Crippen LogP contribution in [0, 0.1) is 6.92 Å². The van der Waals surface area contributed by atoms with Gasteiger partial charge in [-0.15, -0.1) is 0 Å². The van der Waals surface area contributed by atoms with Crippen molar-refractivity contribution in [2.24, 2.45) is 0 Å². The van der Waals surface area contributed by atoms with Gasteiger partial charge in [-0.3, -0.25) is 4.79 Å². The lowest BCUT2D eigenvalue weighted by molar-refractivity contribution is -0.114. The van der Waals surface area contributed by atoms with Crippen LogP contribution in [0.25, 0.3) is 10.8 Å². The third-order valence-electron chi connectivity index (χ3n) is 3.01. The Morgan fingerprint density at radius 1 is 1.45 bits per heavy atom. The fourth-order valence-electron chi connectivity index (χ4n) is 2.03. The highest BCUT2D eigenvalue weighted by molar-refractivity contribution is 7.19. The minimum atomic E-state index is -0.153. The Kier molecular flexibility index (Phi) is 3.49. The van der Waals surface area contributed by atoms with Crippen LogP contribution in [0.1, 0.15) is 30.8 Å². The molecule has 8 heteroatoms. The Hall–Kier alpha value is -1.80. The number of rotatable bonds is 3. The summed E-state index contributed by atoms with van der Waals surface area (Å²) >= 11 is 1.33. The molecule has 1 atom stereocenters. The Morgan fingerprint density at radius 3 is 3.00 bits per heavy atom. The van der Waals surface area contributed by atoms with Crippen LogP contribution < -0.4 is 5.32 Å². The summed E-state index contributed by atoms with van der Waals surface area (Å²) in [6.07, 6.45) is 0.914. The van der Waals surface area contributed by atoms with E-state index in [0.29, 0.717) is 23.5 Å². The first-order valence-corrected chi connectivity index (χ1v) is 7.12. The number of hydrogen-bond donors (Lipinski definition) is 1. The zero-order valence-corrected chi connectivity index (χ0v) is 12.0. The second-order valence-corrected chi connectivity index (χ2v) is 5.63. The summed E-state index contributed by atoms with van der Waals surface area (Å²) in [5.41, 5.74) is 0.761. The normalized spacial score (nSPS) is 18.4. The van der Waals surface area contributed by atoms with Gasteiger partial charge >= 0.3 is 0 Å². The fourth-order valence-corrected chi connectivity index (χ4v) is 2.96. The van der Waals surface area contributed by atoms with Crippen molar-refractivity contribution in [3.05, 3.63) is 11.5 Å². The Morgan fingerprint density at radius 2 is 2.30 bits per heavy atom. The third kappa shape index (κ3) is 2.56. The first kappa shape index (κ1) is 13.2. The van der Waals surface area contributed by atoms with Crippen LogP contribution in [-0.2, 0) is 9.53 Å². The number of thiazole rings is 1. The Bertz CT molecular complexity index is 630. The molecule has 1 unspecified atom stereocenters. The first-order valence-electron chi connectivity index (χ1n) is 6.30. The molecular weight excluding hydrogens is 280 g/mol. The summed E-state index contributed by atoms with van der Waals surface area (Å²) in [6.45, 7) is 4.67. The summed E-state index contributed by atoms with van der Waals surface area (Å²) in [4.78, 5) is 20.5. The summed E-state index contributed by atoms with van der Waals surface area (Å²) in [5, 5.41) is 7.20. The van der Waals surface area contributed by atoms with E-state index >= 15 is 0 Å². The van der Waals surface area contributed by atoms with Gasteiger partial charge in [-0.25, -0.2) is 4.98 Å². The van der Waals surface area contributed by atoms with Gasteiger partial charge in [-0.2, -0.15) is 4.98 Å². The van der Waals surface area contributed by atoms with Gasteiger partial charge in [0.05, 0.1) is 12.3 Å². The molecule has 1 aliphatic rings. The van der Waals surface area contributed by atoms with Crippen LogP contribution in [-0.4, -0.2) is 34.2 Å². The molecule has 20 heavy (non-hydrogen) atoms. The van der Waals surface area contributed by atoms with Crippen LogP contribution in [0.15, 0.2) is 4.52 Å². The molecule has 3 heterocycles. The SMILES string of the molecule is CC(=O)Nc1nc(C)c(-c2nc(C3CCOC3)no2)s1. The zero-order valence-electron chi connectivity index (χ0n) is 11.2. The topological polar surface area (TPSA) is 90.1 Å². The average molecular weight is 294 g/mol. The number of ether oxygens (including phenoxy) is 1. The van der Waals surface area contributed by atoms with Crippen molar-refractivity contribution in [2.45, 2.75) is 26.2 Å². The lowest BCUT2D eigenvalue weighted by Gasteiger charge is -1.97. The van der Waals surface area contributed by atoms with Crippen molar-refractivity contribution in [2.75, 3.05) is 18.5 Å². The number of aryl methyl sites for hydroxylation is 1. The van der Waals surface area contributed by atoms with Crippen LogP contribution in [0.2, 0.25) is 0 Å². The molecule has 3 rings (SSSR count). The van der Waals surface area contributed by atoms with E-state index in [1.54, 1.807) is 0 Å². The Labute approximate surface area is 119 Å². The van der Waals surface area contributed by atoms with Crippen LogP contribution in [0.4, 0.5) is 5.13 Å². The molecule has 1 saturated heterocycles. The molecule has 0 saturated carbocycles. The van der Waals surface area contributed by atoms with E-state index in [9.17, 15) is 4.79 Å². The maximum atomic E-state index is 11.0. The second kappa shape index (κ2) is 5.29. The quantitative estimate of drug-likeness (QED) is 0.930. The van der Waals surface area contributed by atoms with Gasteiger partial charge in [0.1, 0.15) is 4.88 Å². The van der Waals surface area contributed by atoms with Crippen molar-refractivity contribution in [3.63, 3.8) is 0 Å². The molecule has 2 aromatic rings. The number of nitrogens with zero attached hydrogens (tertiary/aromatic N) is 3. The number of aromatic nitrogens is 3. The minimum Gasteiger partial charge on any atom is -0.381 e. The van der Waals surface area contributed by atoms with E-state index in [0.717, 1.165) is 23.6 Å². The molecule has 1 amide bonds. The van der Waals surface area contributed by atoms with Gasteiger partial charge in [-0.05, 0) is 13.3 Å². The molecule has 1 aliphatic heterocycles. The van der Waals surface area contributed by atoms with E-state index in [1.807, 2.05) is 6.92 Å². The minimum absolute atomic E-state index is 0.153. The van der Waals surface area contributed by atoms with Crippen LogP contribution in [0.5, 0.6) is 0 Å². The van der Waals surface area contributed by atoms with E-state index in [4.69, 9.17) is 9.26 Å². The second-order valence-electron chi connectivity index (χ2n) is 4.63. The van der Waals surface area contributed by atoms with E-state index in [-0.39, 0.29) is 11.8 Å². The van der Waals surface area contributed by atoms with Gasteiger partial charge in [0.25, 0.3) is 5.89 Å². The van der Waals surface area contributed by atoms with Gasteiger partial charge in [0, 0.05) is 19.4 Å². The smallest absolute Gasteiger partial charge is 0.270 e. The summed E-state index contributed by atoms with van der Waals surface area (Å²) in [5.74, 6) is 1.17. The molecule has 2 aromatic heterocycles. The molecular formula is C12H14N4O3S. The van der Waals surface area contributed by atoms with E-state index in [1.165, 1.54) is 18.3 Å². The van der Waals surface area contributed by atoms with Gasteiger partial charge in [0.15, 0.2) is 11.0 Å². The summed E-state index contributed by atoms with van der Waals surface area (Å²) in [7, 11) is 0. The van der Waals surface area contributed by atoms with Gasteiger partial charge in [0.2, 0.25) is 5.91 Å².